The lowest BCUT2D eigenvalue weighted by atomic mass is 10.3. The van der Waals surface area contributed by atoms with E-state index in [-0.39, 0.29) is 5.78 Å². The summed E-state index contributed by atoms with van der Waals surface area (Å²) in [7, 11) is 0. The van der Waals surface area contributed by atoms with Crippen LogP contribution < -0.4 is 0 Å². The van der Waals surface area contributed by atoms with Gasteiger partial charge in [0.05, 0.1) is 8.66 Å². The van der Waals surface area contributed by atoms with Crippen molar-refractivity contribution in [3.8, 4) is 0 Å². The van der Waals surface area contributed by atoms with Crippen LogP contribution in [0.3, 0.4) is 0 Å². The third-order valence-electron chi connectivity index (χ3n) is 1.76. The average Bonchev–Trinajstić information content (AvgIpc) is 2.43. The average molecular weight is 296 g/mol. The van der Waals surface area contributed by atoms with Crippen molar-refractivity contribution in [2.24, 2.45) is 0 Å². The second kappa shape index (κ2) is 2.68. The molecule has 0 bridgehead atoms. The van der Waals surface area contributed by atoms with E-state index in [4.69, 9.17) is 0 Å². The second-order valence-electron chi connectivity index (χ2n) is 2.42. The molecule has 4 heteroatoms. The third-order valence-corrected chi connectivity index (χ3v) is 5.37. The molecule has 1 aromatic heterocycles. The zero-order chi connectivity index (χ0) is 8.01. The van der Waals surface area contributed by atoms with Crippen LogP contribution in [-0.4, -0.2) is 5.78 Å². The van der Waals surface area contributed by atoms with Crippen molar-refractivity contribution in [2.75, 3.05) is 0 Å². The first-order chi connectivity index (χ1) is 5.20. The Morgan fingerprint density at radius 1 is 1.27 bits per heavy atom. The van der Waals surface area contributed by atoms with Gasteiger partial charge in [0.1, 0.15) is 0 Å². The first kappa shape index (κ1) is 7.95. The van der Waals surface area contributed by atoms with Crippen molar-refractivity contribution in [1.29, 1.82) is 0 Å². The van der Waals surface area contributed by atoms with E-state index in [1.807, 2.05) is 0 Å². The lowest BCUT2D eigenvalue weighted by Crippen LogP contribution is -1.85. The number of halogens is 2. The molecule has 1 nitrogen and oxygen atoms in total. The lowest BCUT2D eigenvalue weighted by molar-refractivity contribution is 0.0998. The molecule has 0 amide bonds. The molecule has 11 heavy (non-hydrogen) atoms. The van der Waals surface area contributed by atoms with Crippen LogP contribution in [0.2, 0.25) is 0 Å². The van der Waals surface area contributed by atoms with Gasteiger partial charge in [-0.3, -0.25) is 4.79 Å². The fourth-order valence-electron chi connectivity index (χ4n) is 1.21. The third kappa shape index (κ3) is 1.12. The fraction of sp³-hybridized carbons (Fsp3) is 0.286. The number of hydrogen-bond acceptors (Lipinski definition) is 2. The molecule has 0 N–H and O–H groups in total. The van der Waals surface area contributed by atoms with E-state index in [0.717, 1.165) is 19.6 Å². The van der Waals surface area contributed by atoms with Gasteiger partial charge in [0.25, 0.3) is 0 Å². The van der Waals surface area contributed by atoms with Gasteiger partial charge < -0.3 is 0 Å². The van der Waals surface area contributed by atoms with Crippen LogP contribution >= 0.6 is 43.2 Å². The highest BCUT2D eigenvalue weighted by Crippen LogP contribution is 2.41. The van der Waals surface area contributed by atoms with Crippen LogP contribution in [0.15, 0.2) is 8.26 Å². The summed E-state index contributed by atoms with van der Waals surface area (Å²) in [6.45, 7) is 0. The Morgan fingerprint density at radius 2 is 2.00 bits per heavy atom. The standard InChI is InChI=1S/C7H4Br2OS/c8-5-3-1-2-4(10)6(3)11-7(5)9/h1-2H2. The van der Waals surface area contributed by atoms with E-state index in [9.17, 15) is 4.79 Å². The molecule has 0 atom stereocenters. The van der Waals surface area contributed by atoms with Crippen LogP contribution in [0.5, 0.6) is 0 Å². The second-order valence-corrected chi connectivity index (χ2v) is 5.55. The minimum absolute atomic E-state index is 0.288. The first-order valence-electron chi connectivity index (χ1n) is 3.20. The SMILES string of the molecule is O=C1CCc2c1sc(Br)c2Br. The summed E-state index contributed by atoms with van der Waals surface area (Å²) in [5.41, 5.74) is 1.19. The number of carbonyl (C=O) groups excluding carboxylic acids is 1. The Labute approximate surface area is 85.1 Å². The Bertz CT molecular complexity index is 329. The maximum absolute atomic E-state index is 11.2. The molecule has 0 saturated heterocycles. The zero-order valence-electron chi connectivity index (χ0n) is 5.49. The predicted molar refractivity (Wildman–Crippen MR) is 52.4 cm³/mol. The molecule has 0 radical (unpaired) electrons. The molecule has 2 rings (SSSR count). The number of fused-ring (bicyclic) bond motifs is 1. The summed E-state index contributed by atoms with van der Waals surface area (Å²) in [5, 5.41) is 0. The highest BCUT2D eigenvalue weighted by molar-refractivity contribution is 9.13. The number of thiophene rings is 1. The van der Waals surface area contributed by atoms with Gasteiger partial charge in [-0.2, -0.15) is 0 Å². The number of Topliss-reactive ketones (excluding diaryl/α,β-unsaturated/α-hetero) is 1. The molecule has 0 fully saturated rings. The summed E-state index contributed by atoms with van der Waals surface area (Å²) in [4.78, 5) is 12.1. The van der Waals surface area contributed by atoms with Crippen molar-refractivity contribution in [3.63, 3.8) is 0 Å². The predicted octanol–water partition coefficient (Wildman–Crippen LogP) is 3.40. The van der Waals surface area contributed by atoms with Gasteiger partial charge in [-0.1, -0.05) is 0 Å². The van der Waals surface area contributed by atoms with Gasteiger partial charge >= 0.3 is 0 Å². The first-order valence-corrected chi connectivity index (χ1v) is 5.60. The quantitative estimate of drug-likeness (QED) is 0.717. The molecule has 58 valence electrons. The van der Waals surface area contributed by atoms with E-state index in [1.165, 1.54) is 16.9 Å². The van der Waals surface area contributed by atoms with Crippen LogP contribution in [0.4, 0.5) is 0 Å². The van der Waals surface area contributed by atoms with Gasteiger partial charge in [0, 0.05) is 10.9 Å². The maximum Gasteiger partial charge on any atom is 0.173 e. The summed E-state index contributed by atoms with van der Waals surface area (Å²) >= 11 is 8.36. The number of hydrogen-bond donors (Lipinski definition) is 0. The summed E-state index contributed by atoms with van der Waals surface area (Å²) in [6, 6.07) is 0. The lowest BCUT2D eigenvalue weighted by Gasteiger charge is -1.87. The molecule has 1 aliphatic rings. The van der Waals surface area contributed by atoms with Crippen molar-refractivity contribution in [1.82, 2.24) is 0 Å². The van der Waals surface area contributed by atoms with E-state index < -0.39 is 0 Å². The van der Waals surface area contributed by atoms with E-state index >= 15 is 0 Å². The molecule has 1 aliphatic carbocycles. The fourth-order valence-corrected chi connectivity index (χ4v) is 3.65. The number of ketones is 1. The van der Waals surface area contributed by atoms with Crippen LogP contribution in [0.1, 0.15) is 21.7 Å². The van der Waals surface area contributed by atoms with Crippen LogP contribution in [-0.2, 0) is 6.42 Å². The monoisotopic (exact) mass is 294 g/mol. The Hall–Kier alpha value is 0.330. The number of carbonyl (C=O) groups is 1. The van der Waals surface area contributed by atoms with Gasteiger partial charge in [0.15, 0.2) is 5.78 Å². The van der Waals surface area contributed by atoms with Crippen molar-refractivity contribution in [3.05, 3.63) is 18.7 Å². The summed E-state index contributed by atoms with van der Waals surface area (Å²) in [6.07, 6.45) is 1.59. The zero-order valence-corrected chi connectivity index (χ0v) is 9.48. The highest BCUT2D eigenvalue weighted by atomic mass is 79.9. The topological polar surface area (TPSA) is 17.1 Å². The van der Waals surface area contributed by atoms with Crippen molar-refractivity contribution in [2.45, 2.75) is 12.8 Å². The Kier molecular flexibility index (Phi) is 1.93. The minimum atomic E-state index is 0.288. The summed E-state index contributed by atoms with van der Waals surface area (Å²) < 4.78 is 2.11. The molecular weight excluding hydrogens is 292 g/mol. The van der Waals surface area contributed by atoms with Gasteiger partial charge in [0.2, 0.25) is 0 Å². The molecule has 0 aromatic carbocycles. The van der Waals surface area contributed by atoms with Crippen molar-refractivity contribution < 1.29 is 4.79 Å². The van der Waals surface area contributed by atoms with Gasteiger partial charge in [-0.25, -0.2) is 0 Å². The van der Waals surface area contributed by atoms with Gasteiger partial charge in [-0.05, 0) is 43.8 Å². The van der Waals surface area contributed by atoms with Crippen LogP contribution in [0.25, 0.3) is 0 Å². The smallest absolute Gasteiger partial charge is 0.173 e. The van der Waals surface area contributed by atoms with Crippen LogP contribution in [0, 0.1) is 0 Å². The minimum Gasteiger partial charge on any atom is -0.293 e. The Balaban J connectivity index is 2.66. The van der Waals surface area contributed by atoms with E-state index in [2.05, 4.69) is 31.9 Å². The normalized spacial score (nSPS) is 15.6. The van der Waals surface area contributed by atoms with E-state index in [1.54, 1.807) is 0 Å². The summed E-state index contributed by atoms with van der Waals surface area (Å²) in [5.74, 6) is 0.288. The maximum atomic E-state index is 11.2. The molecule has 0 spiro atoms. The molecule has 1 heterocycles. The Morgan fingerprint density at radius 3 is 2.64 bits per heavy atom. The molecule has 0 unspecified atom stereocenters. The highest BCUT2D eigenvalue weighted by Gasteiger charge is 2.25. The number of rotatable bonds is 0. The van der Waals surface area contributed by atoms with Gasteiger partial charge in [-0.15, -0.1) is 11.3 Å². The largest absolute Gasteiger partial charge is 0.293 e. The molecule has 0 aliphatic heterocycles. The van der Waals surface area contributed by atoms with Crippen molar-refractivity contribution >= 4 is 49.0 Å². The molecule has 1 aromatic rings. The molecule has 0 saturated carbocycles. The molecular formula is C7H4Br2OS. The van der Waals surface area contributed by atoms with E-state index in [0.29, 0.717) is 6.42 Å².